The van der Waals surface area contributed by atoms with Crippen molar-refractivity contribution in [2.45, 2.75) is 51.1 Å². The average Bonchev–Trinajstić information content (AvgIpc) is 2.87. The van der Waals surface area contributed by atoms with Crippen LogP contribution < -0.4 is 5.32 Å². The van der Waals surface area contributed by atoms with E-state index >= 15 is 0 Å². The van der Waals surface area contributed by atoms with Crippen LogP contribution in [0.2, 0.25) is 0 Å². The van der Waals surface area contributed by atoms with Crippen molar-refractivity contribution in [1.82, 2.24) is 20.0 Å². The van der Waals surface area contributed by atoms with Crippen molar-refractivity contribution in [3.8, 4) is 0 Å². The molecule has 0 bridgehead atoms. The van der Waals surface area contributed by atoms with Crippen LogP contribution in [-0.2, 0) is 11.3 Å². The van der Waals surface area contributed by atoms with Crippen LogP contribution in [-0.4, -0.2) is 92.7 Å². The first-order chi connectivity index (χ1) is 17.1. The molecule has 3 aliphatic rings. The van der Waals surface area contributed by atoms with Gasteiger partial charge in [0.15, 0.2) is 0 Å². The number of ether oxygens (including phenoxy) is 1. The summed E-state index contributed by atoms with van der Waals surface area (Å²) in [6.07, 6.45) is 9.12. The van der Waals surface area contributed by atoms with Crippen molar-refractivity contribution < 1.29 is 9.53 Å². The van der Waals surface area contributed by atoms with Gasteiger partial charge in [0.05, 0.1) is 13.2 Å². The van der Waals surface area contributed by atoms with Gasteiger partial charge in [-0.3, -0.25) is 9.69 Å². The maximum Gasteiger partial charge on any atom is 0.251 e. The van der Waals surface area contributed by atoms with Gasteiger partial charge in [-0.1, -0.05) is 31.1 Å². The Bertz CT molecular complexity index is 790. The van der Waals surface area contributed by atoms with Gasteiger partial charge < -0.3 is 19.9 Å². The maximum atomic E-state index is 13.1. The summed E-state index contributed by atoms with van der Waals surface area (Å²) >= 11 is 0. The van der Waals surface area contributed by atoms with E-state index in [0.717, 1.165) is 64.4 Å². The minimum atomic E-state index is 0.0855. The molecule has 1 amide bonds. The number of rotatable bonds is 10. The van der Waals surface area contributed by atoms with Gasteiger partial charge >= 0.3 is 0 Å². The summed E-state index contributed by atoms with van der Waals surface area (Å²) in [4.78, 5) is 20.6. The van der Waals surface area contributed by atoms with Crippen molar-refractivity contribution in [2.24, 2.45) is 11.8 Å². The van der Waals surface area contributed by atoms with Crippen LogP contribution in [0.1, 0.15) is 54.4 Å². The molecule has 6 heteroatoms. The van der Waals surface area contributed by atoms with E-state index in [4.69, 9.17) is 4.74 Å². The van der Waals surface area contributed by atoms with E-state index in [9.17, 15) is 4.79 Å². The van der Waals surface area contributed by atoms with Crippen molar-refractivity contribution in [3.63, 3.8) is 0 Å². The van der Waals surface area contributed by atoms with Gasteiger partial charge in [-0.05, 0) is 68.8 Å². The van der Waals surface area contributed by atoms with Gasteiger partial charge in [0, 0.05) is 57.4 Å². The van der Waals surface area contributed by atoms with Crippen molar-refractivity contribution in [2.75, 3.05) is 66.1 Å². The van der Waals surface area contributed by atoms with Crippen LogP contribution in [0.5, 0.6) is 0 Å². The molecule has 3 unspecified atom stereocenters. The first-order valence-electron chi connectivity index (χ1n) is 13.8. The highest BCUT2D eigenvalue weighted by Crippen LogP contribution is 2.28. The molecule has 6 nitrogen and oxygen atoms in total. The second kappa shape index (κ2) is 13.5. The number of carbonyl (C=O) groups is 1. The third-order valence-corrected chi connectivity index (χ3v) is 8.13. The molecule has 0 radical (unpaired) electrons. The van der Waals surface area contributed by atoms with Gasteiger partial charge in [-0.25, -0.2) is 0 Å². The van der Waals surface area contributed by atoms with E-state index in [0.29, 0.717) is 18.4 Å². The lowest BCUT2D eigenvalue weighted by atomic mass is 9.83. The third kappa shape index (κ3) is 8.14. The molecule has 2 heterocycles. The molecular formula is C29H46N4O2. The summed E-state index contributed by atoms with van der Waals surface area (Å²) in [6.45, 7) is 14.0. The van der Waals surface area contributed by atoms with Crippen LogP contribution in [0.25, 0.3) is 0 Å². The van der Waals surface area contributed by atoms with Gasteiger partial charge in [0.2, 0.25) is 0 Å². The summed E-state index contributed by atoms with van der Waals surface area (Å²) in [6, 6.07) is 8.56. The van der Waals surface area contributed by atoms with Gasteiger partial charge in [0.1, 0.15) is 0 Å². The summed E-state index contributed by atoms with van der Waals surface area (Å²) in [7, 11) is 2.19. The Morgan fingerprint density at radius 2 is 1.80 bits per heavy atom. The molecule has 4 rings (SSSR count). The molecule has 2 saturated heterocycles. The van der Waals surface area contributed by atoms with Crippen LogP contribution in [0, 0.1) is 11.8 Å². The molecular weight excluding hydrogens is 436 g/mol. The molecule has 35 heavy (non-hydrogen) atoms. The molecule has 0 aromatic heterocycles. The number of likely N-dealkylation sites (N-methyl/N-ethyl adjacent to an activating group) is 1. The average molecular weight is 483 g/mol. The summed E-state index contributed by atoms with van der Waals surface area (Å²) in [5.74, 6) is 1.24. The van der Waals surface area contributed by atoms with Crippen LogP contribution in [0.4, 0.5) is 0 Å². The van der Waals surface area contributed by atoms with E-state index in [1.165, 1.54) is 44.2 Å². The Morgan fingerprint density at radius 3 is 2.57 bits per heavy atom. The highest BCUT2D eigenvalue weighted by molar-refractivity contribution is 5.94. The first kappa shape index (κ1) is 26.3. The normalized spacial score (nSPS) is 26.9. The lowest BCUT2D eigenvalue weighted by molar-refractivity contribution is 0.0599. The van der Waals surface area contributed by atoms with Crippen molar-refractivity contribution >= 4 is 5.91 Å². The monoisotopic (exact) mass is 482 g/mol. The minimum Gasteiger partial charge on any atom is -0.377 e. The standard InChI is InChI=1S/C29H46N4O2/c1-3-19-35-23-25-7-6-14-33(21-25)22-27-8-4-5-9-28(27)30-29(34)26-12-10-24(11-13-26)20-32-17-15-31(2)16-18-32/h3,10-13,25,27-28H,1,4-9,14-23H2,2H3,(H,30,34). The Labute approximate surface area is 212 Å². The number of benzene rings is 1. The summed E-state index contributed by atoms with van der Waals surface area (Å²) in [5, 5.41) is 3.42. The second-order valence-corrected chi connectivity index (χ2v) is 11.0. The number of piperidine rings is 1. The zero-order valence-electron chi connectivity index (χ0n) is 21.8. The molecule has 1 aliphatic carbocycles. The van der Waals surface area contributed by atoms with Gasteiger partial charge in [-0.15, -0.1) is 6.58 Å². The number of hydrogen-bond donors (Lipinski definition) is 1. The second-order valence-electron chi connectivity index (χ2n) is 11.0. The number of nitrogens with zero attached hydrogens (tertiary/aromatic N) is 3. The third-order valence-electron chi connectivity index (χ3n) is 8.13. The Morgan fingerprint density at radius 1 is 1.03 bits per heavy atom. The number of carbonyl (C=O) groups excluding carboxylic acids is 1. The lowest BCUT2D eigenvalue weighted by Gasteiger charge is -2.39. The maximum absolute atomic E-state index is 13.1. The van der Waals surface area contributed by atoms with E-state index in [-0.39, 0.29) is 11.9 Å². The molecule has 1 aromatic carbocycles. The fraction of sp³-hybridized carbons (Fsp3) is 0.690. The summed E-state index contributed by atoms with van der Waals surface area (Å²) < 4.78 is 5.73. The Balaban J connectivity index is 1.26. The molecule has 3 fully saturated rings. The largest absolute Gasteiger partial charge is 0.377 e. The number of nitrogens with one attached hydrogen (secondary N) is 1. The molecule has 1 N–H and O–H groups in total. The first-order valence-corrected chi connectivity index (χ1v) is 13.8. The van der Waals surface area contributed by atoms with Crippen molar-refractivity contribution in [3.05, 3.63) is 48.0 Å². The smallest absolute Gasteiger partial charge is 0.251 e. The molecule has 1 saturated carbocycles. The predicted molar refractivity (Wildman–Crippen MR) is 143 cm³/mol. The minimum absolute atomic E-state index is 0.0855. The summed E-state index contributed by atoms with van der Waals surface area (Å²) in [5.41, 5.74) is 2.08. The van der Waals surface area contributed by atoms with Crippen molar-refractivity contribution in [1.29, 1.82) is 0 Å². The zero-order chi connectivity index (χ0) is 24.5. The van der Waals surface area contributed by atoms with E-state index in [1.54, 1.807) is 0 Å². The van der Waals surface area contributed by atoms with Gasteiger partial charge in [0.25, 0.3) is 5.91 Å². The van der Waals surface area contributed by atoms with E-state index in [2.05, 4.69) is 45.8 Å². The zero-order valence-corrected chi connectivity index (χ0v) is 21.8. The molecule has 3 atom stereocenters. The lowest BCUT2D eigenvalue weighted by Crippen LogP contribution is -2.48. The van der Waals surface area contributed by atoms with Gasteiger partial charge in [-0.2, -0.15) is 0 Å². The Kier molecular flexibility index (Phi) is 10.2. The molecule has 1 aromatic rings. The Hall–Kier alpha value is -1.73. The molecule has 194 valence electrons. The topological polar surface area (TPSA) is 48.1 Å². The van der Waals surface area contributed by atoms with Crippen LogP contribution in [0.15, 0.2) is 36.9 Å². The SMILES string of the molecule is C=CCOCC1CCCN(CC2CCCCC2NC(=O)c2ccc(CN3CCN(C)CC3)cc2)C1. The molecule has 2 aliphatic heterocycles. The van der Waals surface area contributed by atoms with E-state index < -0.39 is 0 Å². The number of piperazine rings is 1. The fourth-order valence-electron chi connectivity index (χ4n) is 6.00. The highest BCUT2D eigenvalue weighted by atomic mass is 16.5. The van der Waals surface area contributed by atoms with E-state index in [1.807, 2.05) is 18.2 Å². The quantitative estimate of drug-likeness (QED) is 0.408. The number of amides is 1. The number of hydrogen-bond acceptors (Lipinski definition) is 5. The fourth-order valence-corrected chi connectivity index (χ4v) is 6.00. The predicted octanol–water partition coefficient (Wildman–Crippen LogP) is 3.64. The highest BCUT2D eigenvalue weighted by Gasteiger charge is 2.30. The molecule has 0 spiro atoms. The van der Waals surface area contributed by atoms with Crippen LogP contribution >= 0.6 is 0 Å². The number of likely N-dealkylation sites (tertiary alicyclic amines) is 1. The van der Waals surface area contributed by atoms with Crippen LogP contribution in [0.3, 0.4) is 0 Å².